The van der Waals surface area contributed by atoms with Crippen molar-refractivity contribution in [3.05, 3.63) is 54.1 Å². The lowest BCUT2D eigenvalue weighted by Crippen LogP contribution is -2.19. The molecule has 2 rings (SSSR count). The normalized spacial score (nSPS) is 12.9. The molecule has 0 amide bonds. The van der Waals surface area contributed by atoms with Crippen LogP contribution in [0.1, 0.15) is 71.3 Å². The fourth-order valence-corrected chi connectivity index (χ4v) is 3.06. The van der Waals surface area contributed by atoms with E-state index in [4.69, 9.17) is 18.9 Å². The average molecular weight is 415 g/mol. The molecule has 2 aromatic rings. The van der Waals surface area contributed by atoms with E-state index in [1.807, 2.05) is 43.3 Å². The molecule has 0 heterocycles. The Morgan fingerprint density at radius 3 is 1.87 bits per heavy atom. The maximum absolute atomic E-state index is 5.82. The standard InChI is InChI=1S/C26H38O4/c1-5-7-8-9-18-28-24-14-16-25(17-15-24)29-20-19-27-22(4)30-26-12-10-23(11-13-26)21(3)6-2/h10-17,21-22H,5-9,18-20H2,1-4H3. The molecule has 0 bridgehead atoms. The van der Waals surface area contributed by atoms with Crippen LogP contribution in [-0.4, -0.2) is 26.1 Å². The van der Waals surface area contributed by atoms with Crippen molar-refractivity contribution in [2.24, 2.45) is 0 Å². The van der Waals surface area contributed by atoms with Crippen molar-refractivity contribution in [3.8, 4) is 17.2 Å². The Kier molecular flexibility index (Phi) is 11.2. The molecule has 30 heavy (non-hydrogen) atoms. The van der Waals surface area contributed by atoms with E-state index in [2.05, 4.69) is 32.9 Å². The number of ether oxygens (including phenoxy) is 4. The minimum absolute atomic E-state index is 0.327. The van der Waals surface area contributed by atoms with E-state index >= 15 is 0 Å². The summed E-state index contributed by atoms with van der Waals surface area (Å²) in [6.07, 6.45) is 5.65. The maximum Gasteiger partial charge on any atom is 0.197 e. The second kappa shape index (κ2) is 13.9. The lowest BCUT2D eigenvalue weighted by Gasteiger charge is -2.17. The molecular formula is C26H38O4. The molecule has 166 valence electrons. The van der Waals surface area contributed by atoms with E-state index < -0.39 is 0 Å². The van der Waals surface area contributed by atoms with Gasteiger partial charge in [-0.15, -0.1) is 0 Å². The van der Waals surface area contributed by atoms with Crippen LogP contribution < -0.4 is 14.2 Å². The van der Waals surface area contributed by atoms with Crippen molar-refractivity contribution in [1.82, 2.24) is 0 Å². The van der Waals surface area contributed by atoms with Gasteiger partial charge >= 0.3 is 0 Å². The van der Waals surface area contributed by atoms with Gasteiger partial charge < -0.3 is 18.9 Å². The van der Waals surface area contributed by atoms with Gasteiger partial charge in [0.15, 0.2) is 6.29 Å². The van der Waals surface area contributed by atoms with Gasteiger partial charge in [0.25, 0.3) is 0 Å². The summed E-state index contributed by atoms with van der Waals surface area (Å²) in [6.45, 7) is 10.2. The molecule has 4 heteroatoms. The van der Waals surface area contributed by atoms with Crippen LogP contribution in [0.15, 0.2) is 48.5 Å². The highest BCUT2D eigenvalue weighted by atomic mass is 16.7. The van der Waals surface area contributed by atoms with Gasteiger partial charge in [-0.1, -0.05) is 52.2 Å². The van der Waals surface area contributed by atoms with Crippen molar-refractivity contribution < 1.29 is 18.9 Å². The first-order chi connectivity index (χ1) is 14.6. The molecule has 0 radical (unpaired) electrons. The molecule has 0 N–H and O–H groups in total. The Labute approximate surface area is 182 Å². The van der Waals surface area contributed by atoms with E-state index in [1.54, 1.807) is 0 Å². The molecule has 0 spiro atoms. The molecule has 0 saturated carbocycles. The van der Waals surface area contributed by atoms with Gasteiger partial charge in [-0.05, 0) is 67.6 Å². The summed E-state index contributed by atoms with van der Waals surface area (Å²) in [6, 6.07) is 16.0. The van der Waals surface area contributed by atoms with Gasteiger partial charge in [0, 0.05) is 0 Å². The second-order valence-electron chi connectivity index (χ2n) is 7.66. The topological polar surface area (TPSA) is 36.9 Å². The fourth-order valence-electron chi connectivity index (χ4n) is 3.06. The predicted octanol–water partition coefficient (Wildman–Crippen LogP) is 6.98. The number of unbranched alkanes of at least 4 members (excludes halogenated alkanes) is 3. The van der Waals surface area contributed by atoms with Gasteiger partial charge in [0.2, 0.25) is 0 Å². The summed E-state index contributed by atoms with van der Waals surface area (Å²) in [5.74, 6) is 3.08. The summed E-state index contributed by atoms with van der Waals surface area (Å²) in [4.78, 5) is 0. The molecule has 2 aromatic carbocycles. The van der Waals surface area contributed by atoms with Crippen LogP contribution in [0, 0.1) is 0 Å². The van der Waals surface area contributed by atoms with Crippen molar-refractivity contribution in [1.29, 1.82) is 0 Å². The Balaban J connectivity index is 1.61. The van der Waals surface area contributed by atoms with E-state index in [-0.39, 0.29) is 6.29 Å². The molecule has 0 aliphatic rings. The first-order valence-corrected chi connectivity index (χ1v) is 11.4. The van der Waals surface area contributed by atoms with Crippen molar-refractivity contribution in [3.63, 3.8) is 0 Å². The Morgan fingerprint density at radius 1 is 0.667 bits per heavy atom. The molecule has 0 fully saturated rings. The van der Waals surface area contributed by atoms with Gasteiger partial charge in [-0.2, -0.15) is 0 Å². The molecule has 0 aromatic heterocycles. The highest BCUT2D eigenvalue weighted by molar-refractivity contribution is 5.31. The molecule has 0 saturated heterocycles. The molecular weight excluding hydrogens is 376 g/mol. The monoisotopic (exact) mass is 414 g/mol. The maximum atomic E-state index is 5.82. The van der Waals surface area contributed by atoms with Crippen molar-refractivity contribution >= 4 is 0 Å². The highest BCUT2D eigenvalue weighted by Gasteiger charge is 2.07. The van der Waals surface area contributed by atoms with Crippen LogP contribution in [0.2, 0.25) is 0 Å². The Morgan fingerprint density at radius 2 is 1.27 bits per heavy atom. The zero-order valence-corrected chi connectivity index (χ0v) is 19.1. The second-order valence-corrected chi connectivity index (χ2v) is 7.66. The highest BCUT2D eigenvalue weighted by Crippen LogP contribution is 2.22. The van der Waals surface area contributed by atoms with Crippen LogP contribution in [0.5, 0.6) is 17.2 Å². The molecule has 0 aliphatic heterocycles. The summed E-state index contributed by atoms with van der Waals surface area (Å²) < 4.78 is 23.0. The summed E-state index contributed by atoms with van der Waals surface area (Å²) in [7, 11) is 0. The van der Waals surface area contributed by atoms with Gasteiger partial charge in [0.05, 0.1) is 13.2 Å². The first-order valence-electron chi connectivity index (χ1n) is 11.4. The molecule has 4 nitrogen and oxygen atoms in total. The SMILES string of the molecule is CCCCCCOc1ccc(OCCOC(C)Oc2ccc(C(C)CC)cc2)cc1. The summed E-state index contributed by atoms with van der Waals surface area (Å²) >= 11 is 0. The predicted molar refractivity (Wildman–Crippen MR) is 123 cm³/mol. The quantitative estimate of drug-likeness (QED) is 0.233. The van der Waals surface area contributed by atoms with E-state index in [1.165, 1.54) is 24.8 Å². The fraction of sp³-hybridized carbons (Fsp3) is 0.538. The summed E-state index contributed by atoms with van der Waals surface area (Å²) in [5, 5.41) is 0. The minimum atomic E-state index is -0.327. The average Bonchev–Trinajstić information content (AvgIpc) is 2.77. The van der Waals surface area contributed by atoms with E-state index in [0.717, 1.165) is 36.7 Å². The first kappa shape index (κ1) is 24.1. The van der Waals surface area contributed by atoms with Crippen LogP contribution >= 0.6 is 0 Å². The third kappa shape index (κ3) is 9.08. The van der Waals surface area contributed by atoms with Gasteiger partial charge in [-0.3, -0.25) is 0 Å². The zero-order chi connectivity index (χ0) is 21.6. The lowest BCUT2D eigenvalue weighted by atomic mass is 9.99. The number of rotatable bonds is 15. The molecule has 2 atom stereocenters. The van der Waals surface area contributed by atoms with Crippen LogP contribution in [0.3, 0.4) is 0 Å². The Bertz CT molecular complexity index is 681. The number of benzene rings is 2. The molecule has 0 aliphatic carbocycles. The minimum Gasteiger partial charge on any atom is -0.494 e. The third-order valence-corrected chi connectivity index (χ3v) is 5.16. The zero-order valence-electron chi connectivity index (χ0n) is 19.1. The van der Waals surface area contributed by atoms with E-state index in [9.17, 15) is 0 Å². The van der Waals surface area contributed by atoms with Crippen LogP contribution in [-0.2, 0) is 4.74 Å². The largest absolute Gasteiger partial charge is 0.494 e. The summed E-state index contributed by atoms with van der Waals surface area (Å²) in [5.41, 5.74) is 1.33. The van der Waals surface area contributed by atoms with Crippen molar-refractivity contribution in [2.45, 2.75) is 72.0 Å². The molecule has 2 unspecified atom stereocenters. The number of hydrogen-bond acceptors (Lipinski definition) is 4. The van der Waals surface area contributed by atoms with Crippen LogP contribution in [0.4, 0.5) is 0 Å². The van der Waals surface area contributed by atoms with Crippen molar-refractivity contribution in [2.75, 3.05) is 19.8 Å². The lowest BCUT2D eigenvalue weighted by molar-refractivity contribution is -0.0739. The van der Waals surface area contributed by atoms with Gasteiger partial charge in [-0.25, -0.2) is 0 Å². The van der Waals surface area contributed by atoms with Crippen LogP contribution in [0.25, 0.3) is 0 Å². The third-order valence-electron chi connectivity index (χ3n) is 5.16. The Hall–Kier alpha value is -2.20. The smallest absolute Gasteiger partial charge is 0.197 e. The number of hydrogen-bond donors (Lipinski definition) is 0. The van der Waals surface area contributed by atoms with E-state index in [0.29, 0.717) is 19.1 Å². The van der Waals surface area contributed by atoms with Gasteiger partial charge in [0.1, 0.15) is 23.9 Å².